The van der Waals surface area contributed by atoms with Crippen molar-refractivity contribution in [3.63, 3.8) is 0 Å². The van der Waals surface area contributed by atoms with Gasteiger partial charge in [-0.2, -0.15) is 0 Å². The number of fused-ring (bicyclic) bond motifs is 1. The van der Waals surface area contributed by atoms with Crippen molar-refractivity contribution in [1.82, 2.24) is 4.98 Å². The molecule has 0 spiro atoms. The van der Waals surface area contributed by atoms with Crippen molar-refractivity contribution in [1.29, 1.82) is 0 Å². The molecule has 0 fully saturated rings. The summed E-state index contributed by atoms with van der Waals surface area (Å²) in [5, 5.41) is 24.0. The number of nitrogens with zero attached hydrogens (tertiary/aromatic N) is 2. The van der Waals surface area contributed by atoms with Crippen LogP contribution in [0.2, 0.25) is 0 Å². The van der Waals surface area contributed by atoms with E-state index < -0.39 is 4.92 Å². The number of aliphatic hydroxyl groups is 1. The van der Waals surface area contributed by atoms with Crippen LogP contribution in [-0.2, 0) is 4.74 Å². The highest BCUT2D eigenvalue weighted by molar-refractivity contribution is 5.99. The Bertz CT molecular complexity index is 603. The predicted octanol–water partition coefficient (Wildman–Crippen LogP) is 1.56. The largest absolute Gasteiger partial charge is 0.394 e. The van der Waals surface area contributed by atoms with Gasteiger partial charge in [-0.1, -0.05) is 0 Å². The minimum Gasteiger partial charge on any atom is -0.394 e. The summed E-state index contributed by atoms with van der Waals surface area (Å²) in [6.07, 6.45) is 3.13. The zero-order valence-electron chi connectivity index (χ0n) is 10.8. The van der Waals surface area contributed by atoms with E-state index >= 15 is 0 Å². The fourth-order valence-corrected chi connectivity index (χ4v) is 1.91. The van der Waals surface area contributed by atoms with Gasteiger partial charge in [0.25, 0.3) is 5.69 Å². The number of hydrogen-bond donors (Lipinski definition) is 2. The number of hydrogen-bond acceptors (Lipinski definition) is 6. The van der Waals surface area contributed by atoms with Gasteiger partial charge in [-0.05, 0) is 12.1 Å². The lowest BCUT2D eigenvalue weighted by Crippen LogP contribution is -2.11. The lowest BCUT2D eigenvalue weighted by Gasteiger charge is -2.10. The fraction of sp³-hybridized carbons (Fsp3) is 0.308. The van der Waals surface area contributed by atoms with Crippen LogP contribution in [0.5, 0.6) is 0 Å². The molecule has 0 radical (unpaired) electrons. The summed E-state index contributed by atoms with van der Waals surface area (Å²) in [5.74, 6) is 0. The average Bonchev–Trinajstić information content (AvgIpc) is 2.46. The van der Waals surface area contributed by atoms with Gasteiger partial charge >= 0.3 is 0 Å². The normalized spacial score (nSPS) is 10.7. The zero-order chi connectivity index (χ0) is 14.4. The number of nitro benzene ring substituents is 1. The second kappa shape index (κ2) is 6.78. The van der Waals surface area contributed by atoms with Crippen molar-refractivity contribution in [3.05, 3.63) is 40.7 Å². The number of aliphatic hydroxyl groups excluding tert-OH is 1. The molecule has 7 nitrogen and oxygen atoms in total. The third-order valence-corrected chi connectivity index (χ3v) is 2.79. The molecule has 1 aromatic heterocycles. The van der Waals surface area contributed by atoms with Crippen molar-refractivity contribution >= 4 is 22.1 Å². The first kappa shape index (κ1) is 14.2. The number of anilines is 1. The fourth-order valence-electron chi connectivity index (χ4n) is 1.91. The van der Waals surface area contributed by atoms with Gasteiger partial charge in [-0.25, -0.2) is 0 Å². The number of benzene rings is 1. The Morgan fingerprint density at radius 1 is 1.30 bits per heavy atom. The minimum absolute atomic E-state index is 0.00954. The van der Waals surface area contributed by atoms with E-state index in [4.69, 9.17) is 9.84 Å². The number of rotatable bonds is 7. The molecule has 7 heteroatoms. The van der Waals surface area contributed by atoms with Crippen LogP contribution in [0, 0.1) is 10.1 Å². The van der Waals surface area contributed by atoms with E-state index in [0.29, 0.717) is 30.5 Å². The first-order valence-electron chi connectivity index (χ1n) is 6.17. The van der Waals surface area contributed by atoms with E-state index in [2.05, 4.69) is 10.3 Å². The molecule has 0 aliphatic heterocycles. The first-order valence-corrected chi connectivity index (χ1v) is 6.17. The molecule has 106 valence electrons. The number of aromatic nitrogens is 1. The molecule has 0 saturated heterocycles. The number of nitro groups is 1. The third kappa shape index (κ3) is 3.19. The maximum absolute atomic E-state index is 11.0. The van der Waals surface area contributed by atoms with Crippen LogP contribution >= 0.6 is 0 Å². The Morgan fingerprint density at radius 2 is 2.15 bits per heavy atom. The summed E-state index contributed by atoms with van der Waals surface area (Å²) < 4.78 is 5.14. The molecule has 0 bridgehead atoms. The van der Waals surface area contributed by atoms with Crippen LogP contribution < -0.4 is 5.32 Å². The Hall–Kier alpha value is -2.25. The molecule has 0 saturated carbocycles. The Kier molecular flexibility index (Phi) is 4.80. The second-order valence-corrected chi connectivity index (χ2v) is 4.07. The Balaban J connectivity index is 2.18. The molecule has 0 amide bonds. The first-order chi connectivity index (χ1) is 9.74. The van der Waals surface area contributed by atoms with E-state index in [1.807, 2.05) is 0 Å². The van der Waals surface area contributed by atoms with Crippen LogP contribution in [0.15, 0.2) is 30.6 Å². The van der Waals surface area contributed by atoms with Crippen molar-refractivity contribution < 1.29 is 14.8 Å². The Morgan fingerprint density at radius 3 is 2.90 bits per heavy atom. The molecule has 0 aliphatic rings. The van der Waals surface area contributed by atoms with Gasteiger partial charge in [0.1, 0.15) is 0 Å². The summed E-state index contributed by atoms with van der Waals surface area (Å²) in [6, 6.07) is 4.76. The lowest BCUT2D eigenvalue weighted by atomic mass is 10.1. The maximum atomic E-state index is 11.0. The highest BCUT2D eigenvalue weighted by Crippen LogP contribution is 2.30. The molecule has 1 aromatic carbocycles. The molecule has 2 N–H and O–H groups in total. The number of pyridine rings is 1. The zero-order valence-corrected chi connectivity index (χ0v) is 10.8. The van der Waals surface area contributed by atoms with Crippen LogP contribution in [-0.4, -0.2) is 41.4 Å². The minimum atomic E-state index is -0.406. The molecule has 1 heterocycles. The van der Waals surface area contributed by atoms with Gasteiger partial charge in [0, 0.05) is 36.1 Å². The predicted molar refractivity (Wildman–Crippen MR) is 74.8 cm³/mol. The van der Waals surface area contributed by atoms with E-state index in [1.54, 1.807) is 18.3 Å². The van der Waals surface area contributed by atoms with Crippen molar-refractivity contribution in [3.8, 4) is 0 Å². The van der Waals surface area contributed by atoms with Gasteiger partial charge < -0.3 is 15.2 Å². The highest BCUT2D eigenvalue weighted by Gasteiger charge is 2.13. The lowest BCUT2D eigenvalue weighted by molar-refractivity contribution is -0.383. The second-order valence-electron chi connectivity index (χ2n) is 4.07. The summed E-state index contributed by atoms with van der Waals surface area (Å²) in [4.78, 5) is 14.6. The standard InChI is InChI=1S/C13H15N3O4/c17-6-8-20-7-5-15-12-1-2-13(16(18)19)10-3-4-14-9-11(10)12/h1-4,9,15,17H,5-8H2. The molecule has 2 aromatic rings. The molecule has 2 rings (SSSR count). The van der Waals surface area contributed by atoms with Crippen LogP contribution in [0.4, 0.5) is 11.4 Å². The van der Waals surface area contributed by atoms with Gasteiger partial charge in [0.05, 0.1) is 30.1 Å². The summed E-state index contributed by atoms with van der Waals surface area (Å²) in [6.45, 7) is 1.27. The topological polar surface area (TPSA) is 97.5 Å². The summed E-state index contributed by atoms with van der Waals surface area (Å²) >= 11 is 0. The molecular formula is C13H15N3O4. The van der Waals surface area contributed by atoms with Crippen LogP contribution in [0.1, 0.15) is 0 Å². The smallest absolute Gasteiger partial charge is 0.277 e. The van der Waals surface area contributed by atoms with E-state index in [-0.39, 0.29) is 12.3 Å². The summed E-state index contributed by atoms with van der Waals surface area (Å²) in [5.41, 5.74) is 0.829. The third-order valence-electron chi connectivity index (χ3n) is 2.79. The van der Waals surface area contributed by atoms with Gasteiger partial charge in [-0.15, -0.1) is 0 Å². The molecular weight excluding hydrogens is 262 g/mol. The quantitative estimate of drug-likeness (QED) is 0.453. The Labute approximate surface area is 115 Å². The summed E-state index contributed by atoms with van der Waals surface area (Å²) in [7, 11) is 0. The van der Waals surface area contributed by atoms with Crippen molar-refractivity contribution in [2.24, 2.45) is 0 Å². The van der Waals surface area contributed by atoms with E-state index in [1.165, 1.54) is 12.3 Å². The monoisotopic (exact) mass is 277 g/mol. The number of ether oxygens (including phenoxy) is 1. The van der Waals surface area contributed by atoms with Crippen molar-refractivity contribution in [2.75, 3.05) is 31.7 Å². The van der Waals surface area contributed by atoms with Crippen LogP contribution in [0.3, 0.4) is 0 Å². The highest BCUT2D eigenvalue weighted by atomic mass is 16.6. The van der Waals surface area contributed by atoms with Gasteiger partial charge in [0.15, 0.2) is 0 Å². The van der Waals surface area contributed by atoms with Gasteiger partial charge in [0.2, 0.25) is 0 Å². The molecule has 0 atom stereocenters. The van der Waals surface area contributed by atoms with E-state index in [0.717, 1.165) is 5.69 Å². The van der Waals surface area contributed by atoms with E-state index in [9.17, 15) is 10.1 Å². The SMILES string of the molecule is O=[N+]([O-])c1ccc(NCCOCCO)c2cnccc12. The van der Waals surface area contributed by atoms with Crippen molar-refractivity contribution in [2.45, 2.75) is 0 Å². The average molecular weight is 277 g/mol. The van der Waals surface area contributed by atoms with Gasteiger partial charge in [-0.3, -0.25) is 15.1 Å². The molecule has 0 aliphatic carbocycles. The number of nitrogens with one attached hydrogen (secondary N) is 1. The van der Waals surface area contributed by atoms with Crippen LogP contribution in [0.25, 0.3) is 10.8 Å². The molecule has 0 unspecified atom stereocenters. The molecule has 20 heavy (non-hydrogen) atoms. The maximum Gasteiger partial charge on any atom is 0.277 e. The number of non-ortho nitro benzene ring substituents is 1.